The van der Waals surface area contributed by atoms with E-state index in [9.17, 15) is 5.11 Å². The molecule has 8 heteroatoms. The van der Waals surface area contributed by atoms with Crippen LogP contribution < -0.4 is 10.1 Å². The van der Waals surface area contributed by atoms with Crippen molar-refractivity contribution in [1.82, 2.24) is 15.0 Å². The zero-order chi connectivity index (χ0) is 21.3. The lowest BCUT2D eigenvalue weighted by molar-refractivity contribution is -0.0389. The van der Waals surface area contributed by atoms with Crippen molar-refractivity contribution in [3.63, 3.8) is 0 Å². The van der Waals surface area contributed by atoms with Crippen LogP contribution in [0.15, 0.2) is 36.7 Å². The first kappa shape index (κ1) is 20.4. The Morgan fingerprint density at radius 1 is 1.19 bits per heavy atom. The van der Waals surface area contributed by atoms with Crippen LogP contribution in [0.25, 0.3) is 10.4 Å². The van der Waals surface area contributed by atoms with Crippen molar-refractivity contribution in [2.45, 2.75) is 50.7 Å². The maximum atomic E-state index is 10.6. The standard InChI is InChI=1S/C23H26N4O3S/c1-15-11-16(19-14-25-21(31-19)23(28)6-2-7-23)13-17(12-15)26-22-24-8-3-20(27-22)30-18-4-9-29-10-5-18/h3,8,11-14,18,28H,2,4-7,9-10H2,1H3,(H,24,26,27). The highest BCUT2D eigenvalue weighted by Crippen LogP contribution is 2.44. The van der Waals surface area contributed by atoms with Gasteiger partial charge in [0, 0.05) is 37.0 Å². The Balaban J connectivity index is 1.33. The van der Waals surface area contributed by atoms with Gasteiger partial charge in [-0.15, -0.1) is 11.3 Å². The largest absolute Gasteiger partial charge is 0.474 e. The molecule has 0 spiro atoms. The first-order valence-electron chi connectivity index (χ1n) is 10.7. The van der Waals surface area contributed by atoms with Crippen LogP contribution in [0, 0.1) is 6.92 Å². The molecule has 2 N–H and O–H groups in total. The molecule has 0 bridgehead atoms. The summed E-state index contributed by atoms with van der Waals surface area (Å²) in [5.74, 6) is 1.06. The third-order valence-corrected chi connectivity index (χ3v) is 7.03. The molecule has 0 amide bonds. The second-order valence-electron chi connectivity index (χ2n) is 8.28. The van der Waals surface area contributed by atoms with E-state index in [1.54, 1.807) is 23.6 Å². The molecule has 2 fully saturated rings. The smallest absolute Gasteiger partial charge is 0.230 e. The summed E-state index contributed by atoms with van der Waals surface area (Å²) >= 11 is 1.56. The van der Waals surface area contributed by atoms with E-state index in [1.807, 2.05) is 6.20 Å². The van der Waals surface area contributed by atoms with Crippen molar-refractivity contribution in [2.75, 3.05) is 18.5 Å². The minimum Gasteiger partial charge on any atom is -0.474 e. The number of aryl methyl sites for hydroxylation is 1. The molecule has 2 aliphatic rings. The number of nitrogens with one attached hydrogen (secondary N) is 1. The van der Waals surface area contributed by atoms with Crippen molar-refractivity contribution >= 4 is 23.0 Å². The summed E-state index contributed by atoms with van der Waals surface area (Å²) in [4.78, 5) is 14.4. The van der Waals surface area contributed by atoms with Crippen LogP contribution in [-0.2, 0) is 10.3 Å². The van der Waals surface area contributed by atoms with Gasteiger partial charge in [0.25, 0.3) is 0 Å². The van der Waals surface area contributed by atoms with E-state index in [4.69, 9.17) is 9.47 Å². The molecule has 1 saturated heterocycles. The summed E-state index contributed by atoms with van der Waals surface area (Å²) in [6, 6.07) is 8.02. The number of thiazole rings is 1. The second kappa shape index (κ2) is 8.53. The number of hydrogen-bond acceptors (Lipinski definition) is 8. The normalized spacial score (nSPS) is 18.4. The summed E-state index contributed by atoms with van der Waals surface area (Å²) in [5, 5.41) is 14.7. The Kier molecular flexibility index (Phi) is 5.60. The lowest BCUT2D eigenvalue weighted by Gasteiger charge is -2.34. The minimum atomic E-state index is -0.730. The predicted molar refractivity (Wildman–Crippen MR) is 120 cm³/mol. The zero-order valence-corrected chi connectivity index (χ0v) is 18.3. The number of anilines is 2. The summed E-state index contributed by atoms with van der Waals surface area (Å²) in [6.45, 7) is 3.51. The van der Waals surface area contributed by atoms with Crippen LogP contribution >= 0.6 is 11.3 Å². The maximum Gasteiger partial charge on any atom is 0.230 e. The van der Waals surface area contributed by atoms with Gasteiger partial charge in [-0.05, 0) is 49.4 Å². The van der Waals surface area contributed by atoms with Crippen molar-refractivity contribution < 1.29 is 14.6 Å². The molecule has 1 aliphatic carbocycles. The minimum absolute atomic E-state index is 0.132. The molecule has 3 heterocycles. The first-order valence-corrected chi connectivity index (χ1v) is 11.5. The molecule has 2 aromatic heterocycles. The summed E-state index contributed by atoms with van der Waals surface area (Å²) in [5.41, 5.74) is 2.35. The van der Waals surface area contributed by atoms with Gasteiger partial charge in [0.05, 0.1) is 18.1 Å². The molecule has 1 aliphatic heterocycles. The Morgan fingerprint density at radius 3 is 2.81 bits per heavy atom. The van der Waals surface area contributed by atoms with Crippen LogP contribution in [-0.4, -0.2) is 39.4 Å². The van der Waals surface area contributed by atoms with E-state index in [0.717, 1.165) is 72.0 Å². The molecule has 31 heavy (non-hydrogen) atoms. The van der Waals surface area contributed by atoms with E-state index < -0.39 is 5.60 Å². The summed E-state index contributed by atoms with van der Waals surface area (Å²) < 4.78 is 11.4. The van der Waals surface area contributed by atoms with E-state index >= 15 is 0 Å². The van der Waals surface area contributed by atoms with E-state index in [2.05, 4.69) is 45.4 Å². The molecular weight excluding hydrogens is 412 g/mol. The third-order valence-electron chi connectivity index (χ3n) is 5.79. The molecule has 0 atom stereocenters. The van der Waals surface area contributed by atoms with Crippen LogP contribution in [0.2, 0.25) is 0 Å². The number of hydrogen-bond donors (Lipinski definition) is 2. The third kappa shape index (κ3) is 4.56. The fraction of sp³-hybridized carbons (Fsp3) is 0.435. The van der Waals surface area contributed by atoms with E-state index in [1.165, 1.54) is 0 Å². The Bertz CT molecular complexity index is 1060. The molecule has 0 unspecified atom stereocenters. The molecule has 0 radical (unpaired) electrons. The van der Waals surface area contributed by atoms with E-state index in [-0.39, 0.29) is 6.10 Å². The number of aromatic nitrogens is 3. The topological polar surface area (TPSA) is 89.4 Å². The molecule has 5 rings (SSSR count). The lowest BCUT2D eigenvalue weighted by Crippen LogP contribution is -2.33. The molecule has 1 aromatic carbocycles. The summed E-state index contributed by atoms with van der Waals surface area (Å²) in [7, 11) is 0. The van der Waals surface area contributed by atoms with Crippen molar-refractivity contribution in [2.24, 2.45) is 0 Å². The Labute approximate surface area is 185 Å². The number of ether oxygens (including phenoxy) is 2. The van der Waals surface area contributed by atoms with Crippen LogP contribution in [0.3, 0.4) is 0 Å². The van der Waals surface area contributed by atoms with Crippen LogP contribution in [0.4, 0.5) is 11.6 Å². The Morgan fingerprint density at radius 2 is 2.03 bits per heavy atom. The lowest BCUT2D eigenvalue weighted by atomic mass is 9.81. The highest BCUT2D eigenvalue weighted by molar-refractivity contribution is 7.15. The van der Waals surface area contributed by atoms with Gasteiger partial charge in [-0.1, -0.05) is 6.07 Å². The molecule has 7 nitrogen and oxygen atoms in total. The second-order valence-corrected chi connectivity index (χ2v) is 9.31. The van der Waals surface area contributed by atoms with Crippen molar-refractivity contribution in [3.05, 3.63) is 47.2 Å². The van der Waals surface area contributed by atoms with Crippen LogP contribution in [0.1, 0.15) is 42.7 Å². The van der Waals surface area contributed by atoms with Gasteiger partial charge in [0.15, 0.2) is 0 Å². The van der Waals surface area contributed by atoms with Gasteiger partial charge in [-0.3, -0.25) is 0 Å². The number of aliphatic hydroxyl groups is 1. The fourth-order valence-electron chi connectivity index (χ4n) is 3.91. The van der Waals surface area contributed by atoms with Gasteiger partial charge in [0.2, 0.25) is 11.8 Å². The fourth-order valence-corrected chi connectivity index (χ4v) is 4.96. The van der Waals surface area contributed by atoms with Gasteiger partial charge in [-0.25, -0.2) is 9.97 Å². The van der Waals surface area contributed by atoms with Gasteiger partial charge < -0.3 is 19.9 Å². The molecule has 3 aromatic rings. The highest BCUT2D eigenvalue weighted by atomic mass is 32.1. The van der Waals surface area contributed by atoms with Crippen molar-refractivity contribution in [1.29, 1.82) is 0 Å². The number of nitrogens with zero attached hydrogens (tertiary/aromatic N) is 3. The number of rotatable bonds is 6. The quantitative estimate of drug-likeness (QED) is 0.582. The van der Waals surface area contributed by atoms with Gasteiger partial charge in [0.1, 0.15) is 16.7 Å². The molecule has 1 saturated carbocycles. The average molecular weight is 439 g/mol. The molecular formula is C23H26N4O3S. The predicted octanol–water partition coefficient (Wildman–Crippen LogP) is 4.58. The monoisotopic (exact) mass is 438 g/mol. The Hall–Kier alpha value is -2.55. The van der Waals surface area contributed by atoms with Crippen LogP contribution in [0.5, 0.6) is 5.88 Å². The van der Waals surface area contributed by atoms with Gasteiger partial charge >= 0.3 is 0 Å². The SMILES string of the molecule is Cc1cc(Nc2nccc(OC3CCOCC3)n2)cc(-c2cnc(C3(O)CCC3)s2)c1. The average Bonchev–Trinajstić information content (AvgIpc) is 3.23. The maximum absolute atomic E-state index is 10.6. The first-order chi connectivity index (χ1) is 15.1. The van der Waals surface area contributed by atoms with E-state index in [0.29, 0.717) is 11.8 Å². The summed E-state index contributed by atoms with van der Waals surface area (Å²) in [6.07, 6.45) is 8.09. The molecule has 162 valence electrons. The zero-order valence-electron chi connectivity index (χ0n) is 17.5. The van der Waals surface area contributed by atoms with Gasteiger partial charge in [-0.2, -0.15) is 4.98 Å². The number of benzene rings is 1. The highest BCUT2D eigenvalue weighted by Gasteiger charge is 2.39. The van der Waals surface area contributed by atoms with Crippen molar-refractivity contribution in [3.8, 4) is 16.3 Å².